The summed E-state index contributed by atoms with van der Waals surface area (Å²) in [6, 6.07) is 0.594. The van der Waals surface area contributed by atoms with E-state index in [-0.39, 0.29) is 0 Å². The van der Waals surface area contributed by atoms with E-state index in [2.05, 4.69) is 24.2 Å². The van der Waals surface area contributed by atoms with Crippen molar-refractivity contribution in [1.29, 1.82) is 0 Å². The van der Waals surface area contributed by atoms with Crippen LogP contribution in [0.1, 0.15) is 33.1 Å². The molecule has 0 unspecified atom stereocenters. The minimum Gasteiger partial charge on any atom is -0.371 e. The van der Waals surface area contributed by atoms with Crippen LogP contribution in [0.2, 0.25) is 0 Å². The first-order valence-corrected chi connectivity index (χ1v) is 4.12. The molecule has 0 saturated heterocycles. The second kappa shape index (κ2) is 3.59. The normalized spacial score (nSPS) is 20.4. The molecule has 0 amide bonds. The predicted octanol–water partition coefficient (Wildman–Crippen LogP) is 1.57. The Morgan fingerprint density at radius 3 is 3.00 bits per heavy atom. The van der Waals surface area contributed by atoms with Gasteiger partial charge < -0.3 is 5.32 Å². The Balaban J connectivity index is 2.23. The lowest BCUT2D eigenvalue weighted by Gasteiger charge is -2.11. The monoisotopic (exact) mass is 140 g/mol. The van der Waals surface area contributed by atoms with E-state index in [1.54, 1.807) is 0 Å². The van der Waals surface area contributed by atoms with Crippen LogP contribution in [0.15, 0.2) is 4.99 Å². The standard InChI is InChI=1S/C8H16N2/c1-3-7(2)10-8-5-4-6-9-8/h7H,3-6H2,1-2H3,(H,9,10)/t7-/m0/s1. The van der Waals surface area contributed by atoms with E-state index in [4.69, 9.17) is 0 Å². The lowest BCUT2D eigenvalue weighted by molar-refractivity contribution is 0.637. The van der Waals surface area contributed by atoms with Crippen molar-refractivity contribution in [1.82, 2.24) is 5.32 Å². The third kappa shape index (κ3) is 2.01. The van der Waals surface area contributed by atoms with Gasteiger partial charge >= 0.3 is 0 Å². The summed E-state index contributed by atoms with van der Waals surface area (Å²) in [6.45, 7) is 5.41. The quantitative estimate of drug-likeness (QED) is 0.618. The highest BCUT2D eigenvalue weighted by molar-refractivity contribution is 5.83. The Labute approximate surface area is 62.7 Å². The third-order valence-corrected chi connectivity index (χ3v) is 1.90. The number of rotatable bonds is 2. The molecule has 0 saturated carbocycles. The van der Waals surface area contributed by atoms with Crippen molar-refractivity contribution >= 4 is 5.84 Å². The van der Waals surface area contributed by atoms with Crippen LogP contribution in [0.3, 0.4) is 0 Å². The van der Waals surface area contributed by atoms with Crippen LogP contribution in [-0.4, -0.2) is 18.4 Å². The summed E-state index contributed by atoms with van der Waals surface area (Å²) in [4.78, 5) is 4.33. The molecule has 1 N–H and O–H groups in total. The Bertz CT molecular complexity index is 129. The first-order chi connectivity index (χ1) is 4.83. The molecule has 2 nitrogen and oxygen atoms in total. The topological polar surface area (TPSA) is 24.4 Å². The van der Waals surface area contributed by atoms with Crippen molar-refractivity contribution < 1.29 is 0 Å². The average Bonchev–Trinajstić information content (AvgIpc) is 2.40. The zero-order chi connectivity index (χ0) is 7.40. The van der Waals surface area contributed by atoms with Gasteiger partial charge in [-0.3, -0.25) is 4.99 Å². The van der Waals surface area contributed by atoms with Gasteiger partial charge in [-0.25, -0.2) is 0 Å². The Hall–Kier alpha value is -0.530. The molecule has 1 aliphatic rings. The van der Waals surface area contributed by atoms with E-state index in [0.717, 1.165) is 13.0 Å². The summed E-state index contributed by atoms with van der Waals surface area (Å²) in [5, 5.41) is 3.38. The van der Waals surface area contributed by atoms with Gasteiger partial charge in [0.05, 0.1) is 5.84 Å². The lowest BCUT2D eigenvalue weighted by atomic mass is 10.2. The zero-order valence-corrected chi connectivity index (χ0v) is 6.85. The fourth-order valence-corrected chi connectivity index (χ4v) is 1.04. The van der Waals surface area contributed by atoms with Crippen LogP contribution >= 0.6 is 0 Å². The van der Waals surface area contributed by atoms with Crippen molar-refractivity contribution in [3.8, 4) is 0 Å². The highest BCUT2D eigenvalue weighted by atomic mass is 15.0. The molecule has 0 spiro atoms. The van der Waals surface area contributed by atoms with Crippen LogP contribution in [0.25, 0.3) is 0 Å². The van der Waals surface area contributed by atoms with Crippen LogP contribution in [0.5, 0.6) is 0 Å². The number of aliphatic imine (C=N–C) groups is 1. The molecule has 1 atom stereocenters. The van der Waals surface area contributed by atoms with Gasteiger partial charge in [-0.15, -0.1) is 0 Å². The van der Waals surface area contributed by atoms with E-state index in [0.29, 0.717) is 6.04 Å². The number of nitrogens with zero attached hydrogens (tertiary/aromatic N) is 1. The molecule has 1 aliphatic heterocycles. The van der Waals surface area contributed by atoms with Crippen molar-refractivity contribution in [3.63, 3.8) is 0 Å². The SMILES string of the molecule is CC[C@H](C)NC1=NCCC1. The number of amidine groups is 1. The summed E-state index contributed by atoms with van der Waals surface area (Å²) >= 11 is 0. The van der Waals surface area contributed by atoms with Gasteiger partial charge in [0.2, 0.25) is 0 Å². The van der Waals surface area contributed by atoms with Crippen LogP contribution in [0, 0.1) is 0 Å². The van der Waals surface area contributed by atoms with Crippen LogP contribution in [-0.2, 0) is 0 Å². The zero-order valence-electron chi connectivity index (χ0n) is 6.85. The number of hydrogen-bond acceptors (Lipinski definition) is 2. The molecule has 0 aromatic carbocycles. The van der Waals surface area contributed by atoms with Crippen LogP contribution < -0.4 is 5.32 Å². The summed E-state index contributed by atoms with van der Waals surface area (Å²) in [5.41, 5.74) is 0. The third-order valence-electron chi connectivity index (χ3n) is 1.90. The second-order valence-electron chi connectivity index (χ2n) is 2.89. The molecule has 1 rings (SSSR count). The molecule has 0 aromatic rings. The van der Waals surface area contributed by atoms with E-state index in [9.17, 15) is 0 Å². The fraction of sp³-hybridized carbons (Fsp3) is 0.875. The van der Waals surface area contributed by atoms with E-state index < -0.39 is 0 Å². The second-order valence-corrected chi connectivity index (χ2v) is 2.89. The molecule has 58 valence electrons. The molecular formula is C8H16N2. The largest absolute Gasteiger partial charge is 0.371 e. The van der Waals surface area contributed by atoms with Crippen molar-refractivity contribution in [3.05, 3.63) is 0 Å². The van der Waals surface area contributed by atoms with E-state index >= 15 is 0 Å². The van der Waals surface area contributed by atoms with Gasteiger partial charge in [0, 0.05) is 19.0 Å². The van der Waals surface area contributed by atoms with Gasteiger partial charge in [-0.1, -0.05) is 6.92 Å². The van der Waals surface area contributed by atoms with Gasteiger partial charge in [0.15, 0.2) is 0 Å². The predicted molar refractivity (Wildman–Crippen MR) is 44.4 cm³/mol. The molecule has 1 heterocycles. The molecule has 0 fully saturated rings. The highest BCUT2D eigenvalue weighted by Gasteiger charge is 2.07. The van der Waals surface area contributed by atoms with Crippen molar-refractivity contribution in [2.45, 2.75) is 39.2 Å². The molecule has 0 bridgehead atoms. The molecule has 0 aromatic heterocycles. The first kappa shape index (κ1) is 7.58. The van der Waals surface area contributed by atoms with E-state index in [1.165, 1.54) is 18.7 Å². The first-order valence-electron chi connectivity index (χ1n) is 4.12. The van der Waals surface area contributed by atoms with Gasteiger partial charge in [-0.2, -0.15) is 0 Å². The Kier molecular flexibility index (Phi) is 2.72. The van der Waals surface area contributed by atoms with Gasteiger partial charge in [0.1, 0.15) is 0 Å². The maximum atomic E-state index is 4.33. The maximum Gasteiger partial charge on any atom is 0.0965 e. The minimum atomic E-state index is 0.594. The van der Waals surface area contributed by atoms with Crippen molar-refractivity contribution in [2.75, 3.05) is 6.54 Å². The van der Waals surface area contributed by atoms with Crippen molar-refractivity contribution in [2.24, 2.45) is 4.99 Å². The lowest BCUT2D eigenvalue weighted by Crippen LogP contribution is -2.30. The molecule has 2 heteroatoms. The fourth-order valence-electron chi connectivity index (χ4n) is 1.04. The summed E-state index contributed by atoms with van der Waals surface area (Å²) < 4.78 is 0. The summed E-state index contributed by atoms with van der Waals surface area (Å²) in [5.74, 6) is 1.22. The minimum absolute atomic E-state index is 0.594. The molecule has 10 heavy (non-hydrogen) atoms. The number of nitrogens with one attached hydrogen (secondary N) is 1. The molecular weight excluding hydrogens is 124 g/mol. The summed E-state index contributed by atoms with van der Waals surface area (Å²) in [7, 11) is 0. The van der Waals surface area contributed by atoms with E-state index in [1.807, 2.05) is 0 Å². The Morgan fingerprint density at radius 2 is 2.50 bits per heavy atom. The van der Waals surface area contributed by atoms with Crippen LogP contribution in [0.4, 0.5) is 0 Å². The summed E-state index contributed by atoms with van der Waals surface area (Å²) in [6.07, 6.45) is 3.57. The van der Waals surface area contributed by atoms with Gasteiger partial charge in [-0.05, 0) is 19.8 Å². The van der Waals surface area contributed by atoms with Gasteiger partial charge in [0.25, 0.3) is 0 Å². The molecule has 0 radical (unpaired) electrons. The average molecular weight is 140 g/mol. The smallest absolute Gasteiger partial charge is 0.0965 e. The maximum absolute atomic E-state index is 4.33. The highest BCUT2D eigenvalue weighted by Crippen LogP contribution is 2.02. The Morgan fingerprint density at radius 1 is 1.70 bits per heavy atom. The number of hydrogen-bond donors (Lipinski definition) is 1. The molecule has 0 aliphatic carbocycles.